The highest BCUT2D eigenvalue weighted by atomic mass is 19.4. The normalized spacial score (nSPS) is 11.8. The Bertz CT molecular complexity index is 1270. The van der Waals surface area contributed by atoms with Crippen molar-refractivity contribution in [1.82, 2.24) is 29.7 Å². The van der Waals surface area contributed by atoms with Crippen LogP contribution in [0, 0.1) is 6.92 Å². The third kappa shape index (κ3) is 3.88. The molecule has 4 aromatic rings. The summed E-state index contributed by atoms with van der Waals surface area (Å²) in [4.78, 5) is 16.3. The molecule has 0 aliphatic rings. The van der Waals surface area contributed by atoms with E-state index in [4.69, 9.17) is 0 Å². The van der Waals surface area contributed by atoms with Crippen molar-refractivity contribution in [2.75, 3.05) is 6.54 Å². The number of carbonyl (C=O) groups excluding carboxylic acids is 1. The van der Waals surface area contributed by atoms with Crippen molar-refractivity contribution < 1.29 is 18.0 Å². The molecule has 10 heteroatoms. The topological polar surface area (TPSA) is 77.1 Å². The van der Waals surface area contributed by atoms with Crippen molar-refractivity contribution >= 4 is 11.6 Å². The average molecular weight is 428 g/mol. The average Bonchev–Trinajstić information content (AvgIpc) is 3.29. The number of fused-ring (bicyclic) bond motifs is 1. The van der Waals surface area contributed by atoms with Gasteiger partial charge in [0.05, 0.1) is 17.1 Å². The van der Waals surface area contributed by atoms with Gasteiger partial charge in [0, 0.05) is 42.5 Å². The monoisotopic (exact) mass is 428 g/mol. The number of hydrogen-bond donors (Lipinski definition) is 1. The fourth-order valence-electron chi connectivity index (χ4n) is 3.36. The summed E-state index contributed by atoms with van der Waals surface area (Å²) in [5, 5.41) is 11.0. The first-order valence-corrected chi connectivity index (χ1v) is 9.54. The molecule has 31 heavy (non-hydrogen) atoms. The molecule has 0 spiro atoms. The standard InChI is InChI=1S/C21H19F3N6O/c1-4-25-20(31)14-7-5-13(6-8-14)16-10-19-26-17(15-11-29(3)27-12(15)2)9-18(21(22,23)24)30(19)28-16/h5-11H,4H2,1-3H3,(H,25,31). The minimum atomic E-state index is -4.63. The van der Waals surface area contributed by atoms with Crippen LogP contribution in [-0.4, -0.2) is 36.8 Å². The first-order chi connectivity index (χ1) is 14.7. The number of benzene rings is 1. The van der Waals surface area contributed by atoms with Crippen LogP contribution in [-0.2, 0) is 13.2 Å². The molecule has 160 valence electrons. The SMILES string of the molecule is CCNC(=O)c1ccc(-c2cc3nc(-c4cn(C)nc4C)cc(C(F)(F)F)n3n2)cc1. The molecule has 0 bridgehead atoms. The number of nitrogens with one attached hydrogen (secondary N) is 1. The van der Waals surface area contributed by atoms with Crippen molar-refractivity contribution in [1.29, 1.82) is 0 Å². The largest absolute Gasteiger partial charge is 0.433 e. The van der Waals surface area contributed by atoms with Crippen LogP contribution in [0.1, 0.15) is 28.7 Å². The smallest absolute Gasteiger partial charge is 0.352 e. The first kappa shape index (κ1) is 20.6. The van der Waals surface area contributed by atoms with Crippen molar-refractivity contribution in [3.63, 3.8) is 0 Å². The van der Waals surface area contributed by atoms with Crippen molar-refractivity contribution in [3.8, 4) is 22.5 Å². The summed E-state index contributed by atoms with van der Waals surface area (Å²) in [5.41, 5.74) is 1.75. The van der Waals surface area contributed by atoms with Crippen molar-refractivity contribution in [3.05, 3.63) is 59.5 Å². The number of aromatic nitrogens is 5. The molecule has 1 amide bonds. The van der Waals surface area contributed by atoms with Crippen molar-refractivity contribution in [2.24, 2.45) is 7.05 Å². The molecule has 0 saturated heterocycles. The van der Waals surface area contributed by atoms with Gasteiger partial charge in [-0.3, -0.25) is 9.48 Å². The van der Waals surface area contributed by atoms with Gasteiger partial charge in [0.1, 0.15) is 0 Å². The second kappa shape index (κ2) is 7.53. The maximum absolute atomic E-state index is 13.8. The first-order valence-electron chi connectivity index (χ1n) is 9.54. The van der Waals surface area contributed by atoms with E-state index in [1.807, 2.05) is 6.92 Å². The highest BCUT2D eigenvalue weighted by Gasteiger charge is 2.35. The maximum atomic E-state index is 13.8. The summed E-state index contributed by atoms with van der Waals surface area (Å²) in [6.07, 6.45) is -3.00. The minimum Gasteiger partial charge on any atom is -0.352 e. The van der Waals surface area contributed by atoms with E-state index in [-0.39, 0.29) is 17.2 Å². The lowest BCUT2D eigenvalue weighted by molar-refractivity contribution is -0.142. The highest BCUT2D eigenvalue weighted by Crippen LogP contribution is 2.34. The van der Waals surface area contributed by atoms with Gasteiger partial charge in [-0.05, 0) is 32.0 Å². The van der Waals surface area contributed by atoms with Crippen LogP contribution in [0.15, 0.2) is 42.6 Å². The number of halogens is 3. The molecular weight excluding hydrogens is 409 g/mol. The predicted octanol–water partition coefficient (Wildman–Crippen LogP) is 3.87. The zero-order valence-electron chi connectivity index (χ0n) is 17.0. The van der Waals surface area contributed by atoms with E-state index in [0.29, 0.717) is 34.6 Å². The van der Waals surface area contributed by atoms with E-state index in [9.17, 15) is 18.0 Å². The fraction of sp³-hybridized carbons (Fsp3) is 0.238. The van der Waals surface area contributed by atoms with Gasteiger partial charge < -0.3 is 5.32 Å². The Morgan fingerprint density at radius 2 is 1.81 bits per heavy atom. The molecule has 7 nitrogen and oxygen atoms in total. The molecule has 0 fully saturated rings. The second-order valence-corrected chi connectivity index (χ2v) is 7.06. The van der Waals surface area contributed by atoms with Crippen LogP contribution >= 0.6 is 0 Å². The number of aryl methyl sites for hydroxylation is 2. The van der Waals surface area contributed by atoms with Crippen LogP contribution < -0.4 is 5.32 Å². The van der Waals surface area contributed by atoms with Gasteiger partial charge in [0.2, 0.25) is 0 Å². The predicted molar refractivity (Wildman–Crippen MR) is 108 cm³/mol. The quantitative estimate of drug-likeness (QED) is 0.535. The van der Waals surface area contributed by atoms with Gasteiger partial charge in [0.15, 0.2) is 11.3 Å². The van der Waals surface area contributed by atoms with Crippen LogP contribution in [0.25, 0.3) is 28.2 Å². The Morgan fingerprint density at radius 3 is 2.39 bits per heavy atom. The van der Waals surface area contributed by atoms with Crippen LogP contribution in [0.2, 0.25) is 0 Å². The molecule has 0 atom stereocenters. The number of rotatable bonds is 4. The van der Waals surface area contributed by atoms with Gasteiger partial charge >= 0.3 is 6.18 Å². The second-order valence-electron chi connectivity index (χ2n) is 7.06. The summed E-state index contributed by atoms with van der Waals surface area (Å²) < 4.78 is 43.7. The summed E-state index contributed by atoms with van der Waals surface area (Å²) in [5.74, 6) is -0.221. The number of hydrogen-bond acceptors (Lipinski definition) is 4. The number of nitrogens with zero attached hydrogens (tertiary/aromatic N) is 5. The lowest BCUT2D eigenvalue weighted by Crippen LogP contribution is -2.22. The van der Waals surface area contributed by atoms with Crippen LogP contribution in [0.4, 0.5) is 13.2 Å². The molecular formula is C21H19F3N6O. The Balaban J connectivity index is 1.83. The molecule has 0 aliphatic carbocycles. The molecule has 0 radical (unpaired) electrons. The van der Waals surface area contributed by atoms with Gasteiger partial charge in [-0.2, -0.15) is 23.4 Å². The molecule has 4 rings (SSSR count). The number of alkyl halides is 3. The third-order valence-corrected chi connectivity index (χ3v) is 4.79. The minimum absolute atomic E-state index is 0.0656. The number of amides is 1. The summed E-state index contributed by atoms with van der Waals surface area (Å²) >= 11 is 0. The number of carbonyl (C=O) groups is 1. The zero-order chi connectivity index (χ0) is 22.3. The van der Waals surface area contributed by atoms with Crippen LogP contribution in [0.5, 0.6) is 0 Å². The summed E-state index contributed by atoms with van der Waals surface area (Å²) in [6, 6.07) is 8.97. The summed E-state index contributed by atoms with van der Waals surface area (Å²) in [7, 11) is 1.70. The highest BCUT2D eigenvalue weighted by molar-refractivity contribution is 5.94. The summed E-state index contributed by atoms with van der Waals surface area (Å²) in [6.45, 7) is 4.03. The van der Waals surface area contributed by atoms with Gasteiger partial charge in [-0.15, -0.1) is 0 Å². The van der Waals surface area contributed by atoms with E-state index in [0.717, 1.165) is 10.6 Å². The third-order valence-electron chi connectivity index (χ3n) is 4.79. The molecule has 0 unspecified atom stereocenters. The molecule has 0 aliphatic heterocycles. The van der Waals surface area contributed by atoms with Crippen LogP contribution in [0.3, 0.4) is 0 Å². The van der Waals surface area contributed by atoms with Gasteiger partial charge in [0.25, 0.3) is 5.91 Å². The maximum Gasteiger partial charge on any atom is 0.433 e. The Morgan fingerprint density at radius 1 is 1.10 bits per heavy atom. The Hall–Kier alpha value is -3.69. The molecule has 3 heterocycles. The lowest BCUT2D eigenvalue weighted by Gasteiger charge is -2.10. The van der Waals surface area contributed by atoms with E-state index in [1.54, 1.807) is 44.4 Å². The van der Waals surface area contributed by atoms with Gasteiger partial charge in [-0.1, -0.05) is 12.1 Å². The Labute approximate surface area is 175 Å². The van der Waals surface area contributed by atoms with E-state index in [1.165, 1.54) is 10.7 Å². The zero-order valence-corrected chi connectivity index (χ0v) is 17.0. The van der Waals surface area contributed by atoms with E-state index < -0.39 is 11.9 Å². The van der Waals surface area contributed by atoms with E-state index in [2.05, 4.69) is 20.5 Å². The lowest BCUT2D eigenvalue weighted by atomic mass is 10.1. The Kier molecular flexibility index (Phi) is 5.00. The van der Waals surface area contributed by atoms with Crippen molar-refractivity contribution in [2.45, 2.75) is 20.0 Å². The molecule has 0 saturated carbocycles. The van der Waals surface area contributed by atoms with E-state index >= 15 is 0 Å². The fourth-order valence-corrected chi connectivity index (χ4v) is 3.36. The van der Waals surface area contributed by atoms with Gasteiger partial charge in [-0.25, -0.2) is 9.50 Å². The molecule has 3 aromatic heterocycles. The molecule has 1 N–H and O–H groups in total. The molecule has 1 aromatic carbocycles.